The first-order valence-electron chi connectivity index (χ1n) is 7.21. The fraction of sp³-hybridized carbons (Fsp3) is 0.438. The zero-order valence-electron chi connectivity index (χ0n) is 12.8. The molecule has 21 heavy (non-hydrogen) atoms. The molecule has 0 aliphatic rings. The van der Waals surface area contributed by atoms with Gasteiger partial charge in [-0.1, -0.05) is 25.1 Å². The molecule has 1 aromatic heterocycles. The van der Waals surface area contributed by atoms with Gasteiger partial charge in [0, 0.05) is 30.2 Å². The number of aromatic nitrogens is 2. The average molecular weight is 368 g/mol. The SMILES string of the molecule is CCc1nn(C)c(CC(CSc2ccccc2)NC)c1Br. The lowest BCUT2D eigenvalue weighted by Gasteiger charge is -2.16. The van der Waals surface area contributed by atoms with Gasteiger partial charge >= 0.3 is 0 Å². The molecular formula is C16H22BrN3S. The fourth-order valence-electron chi connectivity index (χ4n) is 2.23. The van der Waals surface area contributed by atoms with E-state index in [0.717, 1.165) is 28.8 Å². The van der Waals surface area contributed by atoms with Gasteiger partial charge in [0.15, 0.2) is 0 Å². The largest absolute Gasteiger partial charge is 0.316 e. The minimum atomic E-state index is 0.423. The van der Waals surface area contributed by atoms with Gasteiger partial charge in [0.25, 0.3) is 0 Å². The monoisotopic (exact) mass is 367 g/mol. The Morgan fingerprint density at radius 1 is 1.33 bits per heavy atom. The molecule has 0 saturated carbocycles. The van der Waals surface area contributed by atoms with Crippen LogP contribution in [0.2, 0.25) is 0 Å². The number of benzene rings is 1. The normalized spacial score (nSPS) is 12.6. The van der Waals surface area contributed by atoms with E-state index in [1.54, 1.807) is 0 Å². The molecule has 5 heteroatoms. The highest BCUT2D eigenvalue weighted by Crippen LogP contribution is 2.24. The molecule has 2 rings (SSSR count). The average Bonchev–Trinajstić information content (AvgIpc) is 2.79. The van der Waals surface area contributed by atoms with Crippen molar-refractivity contribution in [2.45, 2.75) is 30.7 Å². The van der Waals surface area contributed by atoms with E-state index < -0.39 is 0 Å². The van der Waals surface area contributed by atoms with Crippen LogP contribution in [0.1, 0.15) is 18.3 Å². The van der Waals surface area contributed by atoms with Gasteiger partial charge in [-0.05, 0) is 41.5 Å². The van der Waals surface area contributed by atoms with E-state index in [4.69, 9.17) is 0 Å². The third-order valence-corrected chi connectivity index (χ3v) is 5.64. The van der Waals surface area contributed by atoms with E-state index in [-0.39, 0.29) is 0 Å². The van der Waals surface area contributed by atoms with E-state index in [9.17, 15) is 0 Å². The molecule has 0 fully saturated rings. The summed E-state index contributed by atoms with van der Waals surface area (Å²) >= 11 is 5.59. The van der Waals surface area contributed by atoms with Crippen molar-refractivity contribution in [1.82, 2.24) is 15.1 Å². The second kappa shape index (κ2) is 8.01. The molecular weight excluding hydrogens is 346 g/mol. The quantitative estimate of drug-likeness (QED) is 0.757. The number of hydrogen-bond donors (Lipinski definition) is 1. The van der Waals surface area contributed by atoms with Gasteiger partial charge in [-0.25, -0.2) is 0 Å². The Bertz CT molecular complexity index is 568. The standard InChI is InChI=1S/C16H22BrN3S/c1-4-14-16(17)15(20(3)19-14)10-12(18-2)11-21-13-8-6-5-7-9-13/h5-9,12,18H,4,10-11H2,1-3H3. The molecule has 0 aliphatic heterocycles. The summed E-state index contributed by atoms with van der Waals surface area (Å²) in [4.78, 5) is 1.32. The molecule has 1 aromatic carbocycles. The molecule has 0 aliphatic carbocycles. The van der Waals surface area contributed by atoms with E-state index in [1.807, 2.05) is 30.5 Å². The summed E-state index contributed by atoms with van der Waals surface area (Å²) in [6.45, 7) is 2.14. The Hall–Kier alpha value is -0.780. The van der Waals surface area contributed by atoms with Crippen molar-refractivity contribution in [3.05, 3.63) is 46.2 Å². The summed E-state index contributed by atoms with van der Waals surface area (Å²) < 4.78 is 3.16. The first kappa shape index (κ1) is 16.6. The lowest BCUT2D eigenvalue weighted by Crippen LogP contribution is -2.31. The predicted octanol–water partition coefficient (Wildman–Crippen LogP) is 3.67. The first-order chi connectivity index (χ1) is 10.2. The number of likely N-dealkylation sites (N-methyl/N-ethyl adjacent to an activating group) is 1. The smallest absolute Gasteiger partial charge is 0.0766 e. The van der Waals surface area contributed by atoms with E-state index in [0.29, 0.717) is 6.04 Å². The number of nitrogens with one attached hydrogen (secondary N) is 1. The molecule has 1 unspecified atom stereocenters. The lowest BCUT2D eigenvalue weighted by molar-refractivity contribution is 0.580. The topological polar surface area (TPSA) is 29.9 Å². The molecule has 1 heterocycles. The van der Waals surface area contributed by atoms with Crippen LogP contribution in [0.5, 0.6) is 0 Å². The van der Waals surface area contributed by atoms with Crippen LogP contribution in [0.4, 0.5) is 0 Å². The van der Waals surface area contributed by atoms with Crippen LogP contribution in [0.25, 0.3) is 0 Å². The molecule has 2 aromatic rings. The molecule has 0 amide bonds. The van der Waals surface area contributed by atoms with Gasteiger partial charge in [-0.3, -0.25) is 4.68 Å². The molecule has 3 nitrogen and oxygen atoms in total. The van der Waals surface area contributed by atoms with Crippen molar-refractivity contribution < 1.29 is 0 Å². The second-order valence-electron chi connectivity index (χ2n) is 5.00. The van der Waals surface area contributed by atoms with Crippen LogP contribution in [-0.2, 0) is 19.9 Å². The van der Waals surface area contributed by atoms with Crippen molar-refractivity contribution in [3.63, 3.8) is 0 Å². The summed E-state index contributed by atoms with van der Waals surface area (Å²) in [5, 5.41) is 7.99. The third kappa shape index (κ3) is 4.34. The van der Waals surface area contributed by atoms with Crippen molar-refractivity contribution in [1.29, 1.82) is 0 Å². The van der Waals surface area contributed by atoms with Gasteiger partial charge in [0.1, 0.15) is 0 Å². The van der Waals surface area contributed by atoms with Gasteiger partial charge < -0.3 is 5.32 Å². The van der Waals surface area contributed by atoms with E-state index in [2.05, 4.69) is 63.6 Å². The Morgan fingerprint density at radius 3 is 2.62 bits per heavy atom. The van der Waals surface area contributed by atoms with Crippen LogP contribution in [-0.4, -0.2) is 28.6 Å². The van der Waals surface area contributed by atoms with Crippen LogP contribution in [0, 0.1) is 0 Å². The minimum absolute atomic E-state index is 0.423. The highest BCUT2D eigenvalue weighted by atomic mass is 79.9. The number of nitrogens with zero attached hydrogens (tertiary/aromatic N) is 2. The molecule has 1 N–H and O–H groups in total. The van der Waals surface area contributed by atoms with Crippen molar-refractivity contribution in [2.24, 2.45) is 7.05 Å². The highest BCUT2D eigenvalue weighted by Gasteiger charge is 2.17. The van der Waals surface area contributed by atoms with Gasteiger partial charge in [-0.15, -0.1) is 11.8 Å². The third-order valence-electron chi connectivity index (χ3n) is 3.55. The number of thioether (sulfide) groups is 1. The van der Waals surface area contributed by atoms with Gasteiger partial charge in [-0.2, -0.15) is 5.10 Å². The van der Waals surface area contributed by atoms with Crippen molar-refractivity contribution in [2.75, 3.05) is 12.8 Å². The maximum absolute atomic E-state index is 4.57. The fourth-order valence-corrected chi connectivity index (χ4v) is 4.04. The van der Waals surface area contributed by atoms with Crippen LogP contribution in [0.3, 0.4) is 0 Å². The van der Waals surface area contributed by atoms with Crippen LogP contribution in [0.15, 0.2) is 39.7 Å². The molecule has 0 spiro atoms. The zero-order valence-corrected chi connectivity index (χ0v) is 15.2. The van der Waals surface area contributed by atoms with Crippen molar-refractivity contribution in [3.8, 4) is 0 Å². The highest BCUT2D eigenvalue weighted by molar-refractivity contribution is 9.10. The molecule has 114 valence electrons. The van der Waals surface area contributed by atoms with E-state index in [1.165, 1.54) is 10.6 Å². The number of aryl methyl sites for hydroxylation is 2. The van der Waals surface area contributed by atoms with Crippen LogP contribution < -0.4 is 5.32 Å². The molecule has 0 radical (unpaired) electrons. The van der Waals surface area contributed by atoms with Gasteiger partial charge in [0.2, 0.25) is 0 Å². The Labute approximate surface area is 139 Å². The Balaban J connectivity index is 2.01. The number of hydrogen-bond acceptors (Lipinski definition) is 3. The second-order valence-corrected chi connectivity index (χ2v) is 6.88. The van der Waals surface area contributed by atoms with Gasteiger partial charge in [0.05, 0.1) is 15.9 Å². The number of halogens is 1. The van der Waals surface area contributed by atoms with Crippen LogP contribution >= 0.6 is 27.7 Å². The number of rotatable bonds is 7. The lowest BCUT2D eigenvalue weighted by atomic mass is 10.1. The van der Waals surface area contributed by atoms with Crippen molar-refractivity contribution >= 4 is 27.7 Å². The first-order valence-corrected chi connectivity index (χ1v) is 8.98. The summed E-state index contributed by atoms with van der Waals surface area (Å²) in [6.07, 6.45) is 1.93. The minimum Gasteiger partial charge on any atom is -0.316 e. The summed E-state index contributed by atoms with van der Waals surface area (Å²) in [7, 11) is 4.05. The summed E-state index contributed by atoms with van der Waals surface area (Å²) in [6, 6.07) is 11.0. The maximum atomic E-state index is 4.57. The van der Waals surface area contributed by atoms with E-state index >= 15 is 0 Å². The maximum Gasteiger partial charge on any atom is 0.0766 e. The zero-order chi connectivity index (χ0) is 15.2. The summed E-state index contributed by atoms with van der Waals surface area (Å²) in [5.41, 5.74) is 2.40. The predicted molar refractivity (Wildman–Crippen MR) is 94.0 cm³/mol. The molecule has 0 saturated heterocycles. The molecule has 1 atom stereocenters. The Morgan fingerprint density at radius 2 is 2.05 bits per heavy atom. The molecule has 0 bridgehead atoms. The summed E-state index contributed by atoms with van der Waals surface area (Å²) in [5.74, 6) is 1.04. The Kier molecular flexibility index (Phi) is 6.33.